The molecular weight excluding hydrogens is 294 g/mol. The van der Waals surface area contributed by atoms with Crippen molar-refractivity contribution in [2.45, 2.75) is 31.2 Å². The Bertz CT molecular complexity index is 707. The second-order valence-corrected chi connectivity index (χ2v) is 7.66. The monoisotopic (exact) mass is 311 g/mol. The van der Waals surface area contributed by atoms with Gasteiger partial charge >= 0.3 is 0 Å². The highest BCUT2D eigenvalue weighted by molar-refractivity contribution is 7.89. The highest BCUT2D eigenvalue weighted by Gasteiger charge is 2.30. The predicted octanol–water partition coefficient (Wildman–Crippen LogP) is 2.25. The fourth-order valence-electron chi connectivity index (χ4n) is 1.76. The molecule has 5 nitrogen and oxygen atoms in total. The van der Waals surface area contributed by atoms with Gasteiger partial charge in [0.25, 0.3) is 0 Å². The average Bonchev–Trinajstić information content (AvgIpc) is 2.85. The molecule has 7 heteroatoms. The fraction of sp³-hybridized carbons (Fsp3) is 0.308. The van der Waals surface area contributed by atoms with E-state index < -0.39 is 15.6 Å². The first-order chi connectivity index (χ1) is 9.22. The van der Waals surface area contributed by atoms with Crippen molar-refractivity contribution in [3.63, 3.8) is 0 Å². The van der Waals surface area contributed by atoms with E-state index >= 15 is 0 Å². The van der Waals surface area contributed by atoms with E-state index in [4.69, 9.17) is 5.73 Å². The number of anilines is 1. The van der Waals surface area contributed by atoms with Gasteiger partial charge in [0.1, 0.15) is 5.01 Å². The van der Waals surface area contributed by atoms with Gasteiger partial charge in [-0.1, -0.05) is 6.07 Å². The second kappa shape index (κ2) is 5.16. The van der Waals surface area contributed by atoms with E-state index in [-0.39, 0.29) is 4.90 Å². The number of sulfonamides is 1. The van der Waals surface area contributed by atoms with Gasteiger partial charge in [-0.25, -0.2) is 13.4 Å². The van der Waals surface area contributed by atoms with Crippen LogP contribution in [0.4, 0.5) is 5.69 Å². The normalized spacial score (nSPS) is 12.6. The van der Waals surface area contributed by atoms with Gasteiger partial charge in [0.15, 0.2) is 0 Å². The molecule has 2 aromatic rings. The molecule has 0 fully saturated rings. The standard InChI is InChI=1S/C13H17N3O2S2/c1-9-4-5-10(8-11(9)14)20(17,18)16-13(2,3)12-15-6-7-19-12/h4-8,16H,14H2,1-3H3. The van der Waals surface area contributed by atoms with E-state index in [0.29, 0.717) is 10.7 Å². The van der Waals surface area contributed by atoms with Crippen LogP contribution in [0, 0.1) is 6.92 Å². The highest BCUT2D eigenvalue weighted by Crippen LogP contribution is 2.25. The largest absolute Gasteiger partial charge is 0.398 e. The number of nitrogens with zero attached hydrogens (tertiary/aromatic N) is 1. The predicted molar refractivity (Wildman–Crippen MR) is 81.1 cm³/mol. The SMILES string of the molecule is Cc1ccc(S(=O)(=O)NC(C)(C)c2nccs2)cc1N. The Morgan fingerprint density at radius 1 is 1.35 bits per heavy atom. The van der Waals surface area contributed by atoms with Gasteiger partial charge in [0.2, 0.25) is 10.0 Å². The van der Waals surface area contributed by atoms with Crippen LogP contribution < -0.4 is 10.5 Å². The molecule has 0 atom stereocenters. The first-order valence-corrected chi connectivity index (χ1v) is 8.39. The smallest absolute Gasteiger partial charge is 0.241 e. The number of aromatic nitrogens is 1. The molecule has 0 aliphatic rings. The van der Waals surface area contributed by atoms with Crippen molar-refractivity contribution in [2.24, 2.45) is 0 Å². The van der Waals surface area contributed by atoms with Gasteiger partial charge in [-0.05, 0) is 38.5 Å². The molecule has 108 valence electrons. The van der Waals surface area contributed by atoms with Gasteiger partial charge in [-0.15, -0.1) is 11.3 Å². The van der Waals surface area contributed by atoms with E-state index in [2.05, 4.69) is 9.71 Å². The number of hydrogen-bond acceptors (Lipinski definition) is 5. The third kappa shape index (κ3) is 3.00. The summed E-state index contributed by atoms with van der Waals surface area (Å²) in [6.45, 7) is 5.39. The summed E-state index contributed by atoms with van der Waals surface area (Å²) in [5.74, 6) is 0. The van der Waals surface area contributed by atoms with Crippen molar-refractivity contribution in [1.29, 1.82) is 0 Å². The Labute approximate surface area is 122 Å². The summed E-state index contributed by atoms with van der Waals surface area (Å²) < 4.78 is 27.5. The molecule has 0 radical (unpaired) electrons. The molecule has 0 aliphatic carbocycles. The lowest BCUT2D eigenvalue weighted by Gasteiger charge is -2.23. The number of nitrogen functional groups attached to an aromatic ring is 1. The Morgan fingerprint density at radius 2 is 2.05 bits per heavy atom. The molecule has 0 unspecified atom stereocenters. The number of thiazole rings is 1. The van der Waals surface area contributed by atoms with Crippen molar-refractivity contribution in [3.8, 4) is 0 Å². The highest BCUT2D eigenvalue weighted by atomic mass is 32.2. The maximum absolute atomic E-state index is 12.4. The molecule has 0 saturated heterocycles. The lowest BCUT2D eigenvalue weighted by molar-refractivity contribution is 0.470. The number of nitrogens with two attached hydrogens (primary N) is 1. The maximum Gasteiger partial charge on any atom is 0.241 e. The summed E-state index contributed by atoms with van der Waals surface area (Å²) in [6, 6.07) is 4.71. The Hall–Kier alpha value is -1.44. The van der Waals surface area contributed by atoms with Crippen LogP contribution in [0.1, 0.15) is 24.4 Å². The van der Waals surface area contributed by atoms with Crippen LogP contribution in [0.2, 0.25) is 0 Å². The topological polar surface area (TPSA) is 85.1 Å². The molecule has 0 aliphatic heterocycles. The molecule has 2 rings (SSSR count). The van der Waals surface area contributed by atoms with Crippen molar-refractivity contribution in [2.75, 3.05) is 5.73 Å². The summed E-state index contributed by atoms with van der Waals surface area (Å²) in [5, 5.41) is 2.52. The molecular formula is C13H17N3O2S2. The van der Waals surface area contributed by atoms with E-state index in [1.807, 2.05) is 12.3 Å². The zero-order chi connectivity index (χ0) is 15.0. The van der Waals surface area contributed by atoms with Crippen LogP contribution >= 0.6 is 11.3 Å². The van der Waals surface area contributed by atoms with E-state index in [1.54, 1.807) is 32.2 Å². The minimum absolute atomic E-state index is 0.158. The van der Waals surface area contributed by atoms with Crippen LogP contribution in [-0.4, -0.2) is 13.4 Å². The molecule has 1 aromatic heterocycles. The van der Waals surface area contributed by atoms with Crippen molar-refractivity contribution < 1.29 is 8.42 Å². The number of hydrogen-bond donors (Lipinski definition) is 2. The first-order valence-electron chi connectivity index (χ1n) is 6.02. The lowest BCUT2D eigenvalue weighted by atomic mass is 10.1. The van der Waals surface area contributed by atoms with Crippen LogP contribution in [-0.2, 0) is 15.6 Å². The summed E-state index contributed by atoms with van der Waals surface area (Å²) in [7, 11) is -3.65. The Kier molecular flexibility index (Phi) is 3.86. The first kappa shape index (κ1) is 15.0. The zero-order valence-electron chi connectivity index (χ0n) is 11.5. The van der Waals surface area contributed by atoms with Gasteiger partial charge in [0, 0.05) is 17.3 Å². The summed E-state index contributed by atoms with van der Waals surface area (Å²) >= 11 is 1.41. The molecule has 0 amide bonds. The minimum atomic E-state index is -3.65. The maximum atomic E-state index is 12.4. The molecule has 1 aromatic carbocycles. The quantitative estimate of drug-likeness (QED) is 0.848. The number of nitrogens with one attached hydrogen (secondary N) is 1. The van der Waals surface area contributed by atoms with E-state index in [1.165, 1.54) is 17.4 Å². The molecule has 0 saturated carbocycles. The third-order valence-corrected chi connectivity index (χ3v) is 5.67. The summed E-state index contributed by atoms with van der Waals surface area (Å²) in [6.07, 6.45) is 1.65. The van der Waals surface area contributed by atoms with Gasteiger partial charge < -0.3 is 5.73 Å². The summed E-state index contributed by atoms with van der Waals surface area (Å²) in [5.41, 5.74) is 6.31. The molecule has 1 heterocycles. The van der Waals surface area contributed by atoms with Crippen LogP contribution in [0.5, 0.6) is 0 Å². The Morgan fingerprint density at radius 3 is 2.60 bits per heavy atom. The van der Waals surface area contributed by atoms with Crippen molar-refractivity contribution in [1.82, 2.24) is 9.71 Å². The number of aryl methyl sites for hydroxylation is 1. The molecule has 0 bridgehead atoms. The van der Waals surface area contributed by atoms with E-state index in [0.717, 1.165) is 5.56 Å². The van der Waals surface area contributed by atoms with Crippen molar-refractivity contribution >= 4 is 27.0 Å². The second-order valence-electron chi connectivity index (χ2n) is 5.09. The Balaban J connectivity index is 2.34. The van der Waals surface area contributed by atoms with E-state index in [9.17, 15) is 8.42 Å². The molecule has 3 N–H and O–H groups in total. The summed E-state index contributed by atoms with van der Waals surface area (Å²) in [4.78, 5) is 4.32. The van der Waals surface area contributed by atoms with Gasteiger partial charge in [-0.3, -0.25) is 0 Å². The third-order valence-electron chi connectivity index (χ3n) is 2.92. The molecule has 20 heavy (non-hydrogen) atoms. The van der Waals surface area contributed by atoms with Crippen LogP contribution in [0.15, 0.2) is 34.7 Å². The number of rotatable bonds is 4. The van der Waals surface area contributed by atoms with Crippen LogP contribution in [0.3, 0.4) is 0 Å². The average molecular weight is 311 g/mol. The zero-order valence-corrected chi connectivity index (χ0v) is 13.2. The van der Waals surface area contributed by atoms with Crippen LogP contribution in [0.25, 0.3) is 0 Å². The van der Waals surface area contributed by atoms with Gasteiger partial charge in [0.05, 0.1) is 10.4 Å². The molecule has 0 spiro atoms. The lowest BCUT2D eigenvalue weighted by Crippen LogP contribution is -2.40. The minimum Gasteiger partial charge on any atom is -0.398 e. The number of benzene rings is 1. The van der Waals surface area contributed by atoms with Crippen molar-refractivity contribution in [3.05, 3.63) is 40.3 Å². The van der Waals surface area contributed by atoms with Gasteiger partial charge in [-0.2, -0.15) is 4.72 Å². The fourth-order valence-corrected chi connectivity index (χ4v) is 3.95.